The van der Waals surface area contributed by atoms with Gasteiger partial charge in [-0.3, -0.25) is 4.79 Å². The minimum Gasteiger partial charge on any atom is -0.466 e. The summed E-state index contributed by atoms with van der Waals surface area (Å²) in [6, 6.07) is 6.67. The molecule has 1 atom stereocenters. The number of carbonyl (C=O) groups is 1. The molecule has 0 spiro atoms. The van der Waals surface area contributed by atoms with Crippen LogP contribution in [-0.4, -0.2) is 12.6 Å². The van der Waals surface area contributed by atoms with Crippen LogP contribution in [0.1, 0.15) is 48.4 Å². The van der Waals surface area contributed by atoms with Gasteiger partial charge in [-0.15, -0.1) is 0 Å². The minimum absolute atomic E-state index is 0.0863. The van der Waals surface area contributed by atoms with E-state index in [1.807, 2.05) is 19.9 Å². The van der Waals surface area contributed by atoms with E-state index in [-0.39, 0.29) is 29.9 Å². The second-order valence-corrected chi connectivity index (χ2v) is 6.55. The molecule has 2 aromatic carbocycles. The third-order valence-corrected chi connectivity index (χ3v) is 4.31. The fourth-order valence-electron chi connectivity index (χ4n) is 3.16. The molecule has 0 heterocycles. The molecule has 4 heteroatoms. The minimum atomic E-state index is -0.366. The van der Waals surface area contributed by atoms with E-state index in [0.29, 0.717) is 28.9 Å². The summed E-state index contributed by atoms with van der Waals surface area (Å²) in [7, 11) is 0. The van der Waals surface area contributed by atoms with Crippen molar-refractivity contribution >= 4 is 5.97 Å². The Morgan fingerprint density at radius 3 is 2.36 bits per heavy atom. The van der Waals surface area contributed by atoms with E-state index < -0.39 is 0 Å². The highest BCUT2D eigenvalue weighted by molar-refractivity contribution is 5.72. The largest absolute Gasteiger partial charge is 0.466 e. The maximum atomic E-state index is 14.6. The maximum Gasteiger partial charge on any atom is 0.306 e. The van der Waals surface area contributed by atoms with Crippen molar-refractivity contribution in [1.29, 1.82) is 0 Å². The molecule has 0 bridgehead atoms. The summed E-state index contributed by atoms with van der Waals surface area (Å²) >= 11 is 0. The molecule has 25 heavy (non-hydrogen) atoms. The Morgan fingerprint density at radius 1 is 1.08 bits per heavy atom. The van der Waals surface area contributed by atoms with Crippen LogP contribution in [-0.2, 0) is 9.53 Å². The van der Waals surface area contributed by atoms with Crippen molar-refractivity contribution < 1.29 is 18.3 Å². The van der Waals surface area contributed by atoms with Gasteiger partial charge >= 0.3 is 5.97 Å². The smallest absolute Gasteiger partial charge is 0.306 e. The highest BCUT2D eigenvalue weighted by Gasteiger charge is 2.20. The number of ether oxygens (including phenoxy) is 1. The Morgan fingerprint density at radius 2 is 1.76 bits per heavy atom. The molecule has 0 aliphatic heterocycles. The van der Waals surface area contributed by atoms with Crippen molar-refractivity contribution in [1.82, 2.24) is 0 Å². The number of carbonyl (C=O) groups excluding carboxylic acids is 1. The van der Waals surface area contributed by atoms with Gasteiger partial charge in [0.1, 0.15) is 11.6 Å². The number of hydrogen-bond acceptors (Lipinski definition) is 2. The summed E-state index contributed by atoms with van der Waals surface area (Å²) in [4.78, 5) is 11.7. The molecule has 0 amide bonds. The predicted molar refractivity (Wildman–Crippen MR) is 95.7 cm³/mol. The first-order chi connectivity index (χ1) is 11.7. The first-order valence-electron chi connectivity index (χ1n) is 8.47. The van der Waals surface area contributed by atoms with Crippen molar-refractivity contribution in [3.05, 3.63) is 58.2 Å². The van der Waals surface area contributed by atoms with E-state index >= 15 is 0 Å². The van der Waals surface area contributed by atoms with Crippen molar-refractivity contribution in [2.75, 3.05) is 6.61 Å². The molecule has 0 aliphatic rings. The lowest BCUT2D eigenvalue weighted by atomic mass is 9.89. The fourth-order valence-corrected chi connectivity index (χ4v) is 3.16. The summed E-state index contributed by atoms with van der Waals surface area (Å²) in [6.07, 6.45) is 0.0863. The fraction of sp³-hybridized carbons (Fsp3) is 0.381. The zero-order valence-corrected chi connectivity index (χ0v) is 15.4. The van der Waals surface area contributed by atoms with E-state index in [1.54, 1.807) is 32.9 Å². The molecule has 0 fully saturated rings. The second kappa shape index (κ2) is 7.77. The maximum absolute atomic E-state index is 14.6. The molecule has 0 radical (unpaired) electrons. The van der Waals surface area contributed by atoms with Gasteiger partial charge in [0.2, 0.25) is 0 Å². The summed E-state index contributed by atoms with van der Waals surface area (Å²) in [5.74, 6) is -1.40. The van der Waals surface area contributed by atoms with Crippen LogP contribution in [0.15, 0.2) is 24.3 Å². The van der Waals surface area contributed by atoms with Crippen molar-refractivity contribution in [3.8, 4) is 11.1 Å². The van der Waals surface area contributed by atoms with Gasteiger partial charge in [0.05, 0.1) is 13.0 Å². The Kier molecular flexibility index (Phi) is 5.93. The predicted octanol–water partition coefficient (Wildman–Crippen LogP) is 5.61. The number of aryl methyl sites for hydroxylation is 3. The van der Waals surface area contributed by atoms with Crippen LogP contribution in [0.4, 0.5) is 8.78 Å². The van der Waals surface area contributed by atoms with Gasteiger partial charge in [-0.05, 0) is 79.6 Å². The van der Waals surface area contributed by atoms with E-state index in [1.165, 1.54) is 6.07 Å². The van der Waals surface area contributed by atoms with Gasteiger partial charge in [-0.25, -0.2) is 8.78 Å². The highest BCUT2D eigenvalue weighted by atomic mass is 19.1. The summed E-state index contributed by atoms with van der Waals surface area (Å²) < 4.78 is 34.1. The third-order valence-electron chi connectivity index (χ3n) is 4.31. The number of hydrogen-bond donors (Lipinski definition) is 0. The molecule has 134 valence electrons. The Hall–Kier alpha value is -2.23. The van der Waals surface area contributed by atoms with Gasteiger partial charge in [0.25, 0.3) is 0 Å². The van der Waals surface area contributed by atoms with Crippen LogP contribution in [0.25, 0.3) is 11.1 Å². The third kappa shape index (κ3) is 4.25. The normalized spacial score (nSPS) is 12.1. The van der Waals surface area contributed by atoms with Crippen LogP contribution in [0, 0.1) is 32.4 Å². The molecule has 0 saturated carbocycles. The molecule has 2 rings (SSSR count). The quantitative estimate of drug-likeness (QED) is 0.657. The molecule has 0 unspecified atom stereocenters. The summed E-state index contributed by atoms with van der Waals surface area (Å²) in [5, 5.41) is 0. The van der Waals surface area contributed by atoms with E-state index in [0.717, 1.165) is 11.1 Å². The molecule has 2 nitrogen and oxygen atoms in total. The van der Waals surface area contributed by atoms with Crippen LogP contribution in [0.5, 0.6) is 0 Å². The van der Waals surface area contributed by atoms with Gasteiger partial charge in [0.15, 0.2) is 0 Å². The first-order valence-corrected chi connectivity index (χ1v) is 8.47. The molecule has 0 aliphatic carbocycles. The van der Waals surface area contributed by atoms with Gasteiger partial charge in [-0.1, -0.05) is 13.0 Å². The number of halogens is 2. The SMILES string of the molecule is CCOC(=O)C[C@H](C)c1cc(-c2c(C)cc(C)cc2F)cc(C)c1F. The van der Waals surface area contributed by atoms with Crippen LogP contribution < -0.4 is 0 Å². The average Bonchev–Trinajstić information content (AvgIpc) is 2.49. The summed E-state index contributed by atoms with van der Waals surface area (Å²) in [6.45, 7) is 9.13. The van der Waals surface area contributed by atoms with E-state index in [9.17, 15) is 13.6 Å². The number of benzene rings is 2. The van der Waals surface area contributed by atoms with Crippen molar-refractivity contribution in [3.63, 3.8) is 0 Å². The van der Waals surface area contributed by atoms with Crippen LogP contribution in [0.2, 0.25) is 0 Å². The lowest BCUT2D eigenvalue weighted by molar-refractivity contribution is -0.143. The summed E-state index contributed by atoms with van der Waals surface area (Å²) in [5.41, 5.74) is 3.57. The zero-order valence-electron chi connectivity index (χ0n) is 15.4. The monoisotopic (exact) mass is 346 g/mol. The number of esters is 1. The molecule has 0 aromatic heterocycles. The van der Waals surface area contributed by atoms with Gasteiger partial charge in [0, 0.05) is 5.56 Å². The van der Waals surface area contributed by atoms with Gasteiger partial charge in [-0.2, -0.15) is 0 Å². The first kappa shape index (κ1) is 19.1. The Bertz CT molecular complexity index is 774. The molecule has 0 saturated heterocycles. The average molecular weight is 346 g/mol. The van der Waals surface area contributed by atoms with Crippen molar-refractivity contribution in [2.45, 2.75) is 47.0 Å². The Balaban J connectivity index is 2.50. The molecular weight excluding hydrogens is 322 g/mol. The topological polar surface area (TPSA) is 26.3 Å². The van der Waals surface area contributed by atoms with E-state index in [2.05, 4.69) is 0 Å². The van der Waals surface area contributed by atoms with Gasteiger partial charge < -0.3 is 4.74 Å². The Labute approximate surface area is 147 Å². The molecule has 0 N–H and O–H groups in total. The standard InChI is InChI=1S/C21H24F2O2/c1-6-25-19(24)10-13(3)17-11-16(9-15(5)21(17)23)20-14(4)7-12(2)8-18(20)22/h7-9,11,13H,6,10H2,1-5H3/t13-/m0/s1. The number of rotatable bonds is 5. The lowest BCUT2D eigenvalue weighted by Crippen LogP contribution is -2.10. The van der Waals surface area contributed by atoms with Crippen LogP contribution in [0.3, 0.4) is 0 Å². The highest BCUT2D eigenvalue weighted by Crippen LogP contribution is 2.33. The second-order valence-electron chi connectivity index (χ2n) is 6.55. The molecule has 2 aromatic rings. The van der Waals surface area contributed by atoms with E-state index in [4.69, 9.17) is 4.74 Å². The van der Waals surface area contributed by atoms with Crippen molar-refractivity contribution in [2.24, 2.45) is 0 Å². The lowest BCUT2D eigenvalue weighted by Gasteiger charge is -2.17. The van der Waals surface area contributed by atoms with Crippen LogP contribution >= 0.6 is 0 Å². The molecular formula is C21H24F2O2. The zero-order chi connectivity index (χ0) is 18.7.